The first-order chi connectivity index (χ1) is 16.9. The molecule has 2 fully saturated rings. The number of carbonyl (C=O) groups is 2. The number of aromatic nitrogens is 1. The number of nitrogens with zero attached hydrogens (tertiary/aromatic N) is 3. The lowest BCUT2D eigenvalue weighted by molar-refractivity contribution is -0.123. The zero-order valence-corrected chi connectivity index (χ0v) is 20.6. The van der Waals surface area contributed by atoms with E-state index in [0.717, 1.165) is 59.2 Å². The number of benzene rings is 2. The van der Waals surface area contributed by atoms with Crippen molar-refractivity contribution in [2.24, 2.45) is 4.99 Å². The van der Waals surface area contributed by atoms with Crippen LogP contribution in [0.3, 0.4) is 0 Å². The Labute approximate surface area is 209 Å². The number of carbonyl (C=O) groups excluding carboxylic acids is 1. The number of rotatable bonds is 5. The van der Waals surface area contributed by atoms with Crippen molar-refractivity contribution < 1.29 is 14.7 Å². The van der Waals surface area contributed by atoms with Crippen molar-refractivity contribution in [2.75, 3.05) is 0 Å². The van der Waals surface area contributed by atoms with Gasteiger partial charge in [0.05, 0.1) is 16.2 Å². The van der Waals surface area contributed by atoms with E-state index in [1.54, 1.807) is 12.1 Å². The zero-order chi connectivity index (χ0) is 24.5. The Morgan fingerprint density at radius 1 is 1.06 bits per heavy atom. The number of carboxylic acids is 1. The van der Waals surface area contributed by atoms with Gasteiger partial charge in [0, 0.05) is 23.1 Å². The molecule has 1 N–H and O–H groups in total. The molecule has 1 saturated carbocycles. The number of hydrogen-bond donors (Lipinski definition) is 1. The highest BCUT2D eigenvalue weighted by molar-refractivity contribution is 8.18. The van der Waals surface area contributed by atoms with Gasteiger partial charge < -0.3 is 9.67 Å². The van der Waals surface area contributed by atoms with Crippen molar-refractivity contribution in [3.63, 3.8) is 0 Å². The van der Waals surface area contributed by atoms with Crippen LogP contribution in [0, 0.1) is 13.8 Å². The van der Waals surface area contributed by atoms with Crippen LogP contribution in [0.4, 0.5) is 5.69 Å². The van der Waals surface area contributed by atoms with E-state index >= 15 is 0 Å². The fourth-order valence-electron chi connectivity index (χ4n) is 4.89. The monoisotopic (exact) mass is 485 g/mol. The highest BCUT2D eigenvalue weighted by Gasteiger charge is 2.39. The lowest BCUT2D eigenvalue weighted by Crippen LogP contribution is -2.37. The van der Waals surface area contributed by atoms with E-state index in [-0.39, 0.29) is 17.5 Å². The van der Waals surface area contributed by atoms with Gasteiger partial charge in [0.1, 0.15) is 0 Å². The van der Waals surface area contributed by atoms with Gasteiger partial charge in [-0.2, -0.15) is 0 Å². The average molecular weight is 486 g/mol. The largest absolute Gasteiger partial charge is 0.478 e. The highest BCUT2D eigenvalue weighted by Crippen LogP contribution is 2.39. The Morgan fingerprint density at radius 3 is 2.40 bits per heavy atom. The van der Waals surface area contributed by atoms with Crippen LogP contribution in [0.1, 0.15) is 53.0 Å². The first-order valence-electron chi connectivity index (χ1n) is 11.8. The summed E-state index contributed by atoms with van der Waals surface area (Å²) in [5.74, 6) is -0.924. The molecule has 3 aromatic rings. The summed E-state index contributed by atoms with van der Waals surface area (Å²) < 4.78 is 2.08. The minimum Gasteiger partial charge on any atom is -0.478 e. The lowest BCUT2D eigenvalue weighted by Gasteiger charge is -2.22. The Kier molecular flexibility index (Phi) is 6.34. The third-order valence-electron chi connectivity index (χ3n) is 6.64. The van der Waals surface area contributed by atoms with E-state index in [9.17, 15) is 14.7 Å². The minimum atomic E-state index is -0.945. The van der Waals surface area contributed by atoms with Crippen LogP contribution in [-0.2, 0) is 4.79 Å². The number of aliphatic imine (C=N–C) groups is 1. The molecule has 2 aromatic carbocycles. The third-order valence-corrected chi connectivity index (χ3v) is 7.62. The summed E-state index contributed by atoms with van der Waals surface area (Å²) in [5, 5.41) is 9.94. The number of carboxylic acid groups (broad SMARTS) is 1. The first kappa shape index (κ1) is 23.2. The summed E-state index contributed by atoms with van der Waals surface area (Å²) in [4.78, 5) is 32.2. The van der Waals surface area contributed by atoms with E-state index in [4.69, 9.17) is 4.99 Å². The van der Waals surface area contributed by atoms with Gasteiger partial charge >= 0.3 is 5.97 Å². The molecule has 0 spiro atoms. The molecular formula is C28H27N3O3S. The molecule has 0 radical (unpaired) electrons. The standard InChI is InChI=1S/C28H27N3O3S/c1-18-16-21(19(2)30(18)24-14-12-20(13-15-24)27(33)34)17-25-26(32)31(23-10-6-7-11-23)28(35-25)29-22-8-4-3-5-9-22/h3-5,8-9,12-17,23H,6-7,10-11H2,1-2H3,(H,33,34). The second kappa shape index (κ2) is 9.58. The van der Waals surface area contributed by atoms with E-state index in [1.165, 1.54) is 11.8 Å². The number of thioether (sulfide) groups is 1. The molecule has 1 amide bonds. The Morgan fingerprint density at radius 2 is 1.74 bits per heavy atom. The molecule has 0 atom stereocenters. The van der Waals surface area contributed by atoms with Gasteiger partial charge in [0.15, 0.2) is 5.17 Å². The Bertz CT molecular complexity index is 1330. The van der Waals surface area contributed by atoms with Crippen LogP contribution in [0.15, 0.2) is 70.6 Å². The van der Waals surface area contributed by atoms with Crippen LogP contribution in [0.2, 0.25) is 0 Å². The fourth-order valence-corrected chi connectivity index (χ4v) is 5.94. The summed E-state index contributed by atoms with van der Waals surface area (Å²) in [5.41, 5.74) is 4.96. The zero-order valence-electron chi connectivity index (χ0n) is 19.8. The number of para-hydroxylation sites is 1. The molecule has 7 heteroatoms. The van der Waals surface area contributed by atoms with Crippen molar-refractivity contribution in [1.82, 2.24) is 9.47 Å². The quantitative estimate of drug-likeness (QED) is 0.428. The molecule has 1 saturated heterocycles. The molecule has 1 aliphatic carbocycles. The molecule has 0 bridgehead atoms. The molecule has 6 nitrogen and oxygen atoms in total. The molecule has 2 heterocycles. The maximum atomic E-state index is 13.6. The predicted molar refractivity (Wildman–Crippen MR) is 140 cm³/mol. The number of aromatic carboxylic acids is 1. The van der Waals surface area contributed by atoms with Crippen LogP contribution in [0.25, 0.3) is 11.8 Å². The van der Waals surface area contributed by atoms with E-state index in [1.807, 2.05) is 67.3 Å². The predicted octanol–water partition coefficient (Wildman–Crippen LogP) is 6.34. The maximum absolute atomic E-state index is 13.6. The number of amides is 1. The van der Waals surface area contributed by atoms with Crippen molar-refractivity contribution in [2.45, 2.75) is 45.6 Å². The fraction of sp³-hybridized carbons (Fsp3) is 0.250. The summed E-state index contributed by atoms with van der Waals surface area (Å²) in [6.45, 7) is 4.03. The summed E-state index contributed by atoms with van der Waals surface area (Å²) >= 11 is 1.44. The maximum Gasteiger partial charge on any atom is 0.335 e. The molecule has 1 aromatic heterocycles. The van der Waals surface area contributed by atoms with E-state index in [2.05, 4.69) is 10.6 Å². The van der Waals surface area contributed by atoms with Gasteiger partial charge in [-0.15, -0.1) is 0 Å². The highest BCUT2D eigenvalue weighted by atomic mass is 32.2. The topological polar surface area (TPSA) is 74.9 Å². The van der Waals surface area contributed by atoms with Gasteiger partial charge in [-0.3, -0.25) is 9.69 Å². The second-order valence-corrected chi connectivity index (χ2v) is 9.98. The van der Waals surface area contributed by atoms with Gasteiger partial charge in [-0.25, -0.2) is 9.79 Å². The van der Waals surface area contributed by atoms with Gasteiger partial charge in [-0.1, -0.05) is 31.0 Å². The lowest BCUT2D eigenvalue weighted by atomic mass is 10.2. The summed E-state index contributed by atoms with van der Waals surface area (Å²) in [7, 11) is 0. The SMILES string of the molecule is Cc1cc(C=C2SC(=Nc3ccccc3)N(C3CCCC3)C2=O)c(C)n1-c1ccc(C(=O)O)cc1. The summed E-state index contributed by atoms with van der Waals surface area (Å²) in [6.07, 6.45) is 6.26. The van der Waals surface area contributed by atoms with Gasteiger partial charge in [-0.05, 0) is 92.6 Å². The third kappa shape index (κ3) is 4.56. The molecule has 2 aliphatic rings. The first-order valence-corrected chi connectivity index (χ1v) is 12.6. The van der Waals surface area contributed by atoms with Crippen molar-refractivity contribution in [3.05, 3.63) is 88.1 Å². The van der Waals surface area contributed by atoms with Crippen LogP contribution < -0.4 is 0 Å². The van der Waals surface area contributed by atoms with Crippen molar-refractivity contribution in [3.8, 4) is 5.69 Å². The molecule has 5 rings (SSSR count). The smallest absolute Gasteiger partial charge is 0.335 e. The van der Waals surface area contributed by atoms with E-state index in [0.29, 0.717) is 4.91 Å². The molecule has 35 heavy (non-hydrogen) atoms. The van der Waals surface area contributed by atoms with Crippen LogP contribution in [-0.4, -0.2) is 37.7 Å². The molecule has 0 unspecified atom stereocenters. The van der Waals surface area contributed by atoms with Gasteiger partial charge in [0.2, 0.25) is 0 Å². The number of aryl methyl sites for hydroxylation is 1. The van der Waals surface area contributed by atoms with Crippen molar-refractivity contribution in [1.29, 1.82) is 0 Å². The Balaban J connectivity index is 1.50. The van der Waals surface area contributed by atoms with Crippen LogP contribution in [0.5, 0.6) is 0 Å². The van der Waals surface area contributed by atoms with Crippen LogP contribution >= 0.6 is 11.8 Å². The molecule has 178 valence electrons. The molecule has 1 aliphatic heterocycles. The van der Waals surface area contributed by atoms with E-state index < -0.39 is 5.97 Å². The number of amidine groups is 1. The average Bonchev–Trinajstić information content (AvgIpc) is 3.54. The number of hydrogen-bond acceptors (Lipinski definition) is 4. The molecular weight excluding hydrogens is 458 g/mol. The van der Waals surface area contributed by atoms with Crippen molar-refractivity contribution >= 4 is 40.6 Å². The van der Waals surface area contributed by atoms with Gasteiger partial charge in [0.25, 0.3) is 5.91 Å². The minimum absolute atomic E-state index is 0.0206. The Hall–Kier alpha value is -3.58. The normalized spacial score (nSPS) is 18.8. The summed E-state index contributed by atoms with van der Waals surface area (Å²) in [6, 6.07) is 18.9. The second-order valence-electron chi connectivity index (χ2n) is 8.97.